The molecule has 0 bridgehead atoms. The SMILES string of the molecule is OC(c1cccc(OC(F)F)c1)c1cc(Br)c(Cl)s1. The van der Waals surface area contributed by atoms with Crippen molar-refractivity contribution in [2.75, 3.05) is 0 Å². The topological polar surface area (TPSA) is 29.5 Å². The highest BCUT2D eigenvalue weighted by Crippen LogP contribution is 2.37. The van der Waals surface area contributed by atoms with Crippen LogP contribution in [0.4, 0.5) is 8.78 Å². The summed E-state index contributed by atoms with van der Waals surface area (Å²) in [6, 6.07) is 7.64. The summed E-state index contributed by atoms with van der Waals surface area (Å²) in [4.78, 5) is 0.617. The van der Waals surface area contributed by atoms with Gasteiger partial charge in [0, 0.05) is 9.35 Å². The number of alkyl halides is 2. The van der Waals surface area contributed by atoms with E-state index in [1.807, 2.05) is 0 Å². The lowest BCUT2D eigenvalue weighted by atomic mass is 10.1. The van der Waals surface area contributed by atoms with Crippen molar-refractivity contribution in [1.29, 1.82) is 0 Å². The van der Waals surface area contributed by atoms with E-state index in [2.05, 4.69) is 20.7 Å². The van der Waals surface area contributed by atoms with Gasteiger partial charge >= 0.3 is 6.61 Å². The minimum absolute atomic E-state index is 0.00766. The second-order valence-corrected chi connectivity index (χ2v) is 6.16. The normalized spacial score (nSPS) is 12.7. The van der Waals surface area contributed by atoms with Gasteiger partial charge < -0.3 is 9.84 Å². The van der Waals surface area contributed by atoms with Crippen LogP contribution in [0.3, 0.4) is 0 Å². The maximum absolute atomic E-state index is 12.1. The molecule has 0 radical (unpaired) electrons. The number of aliphatic hydroxyl groups excluding tert-OH is 1. The van der Waals surface area contributed by atoms with E-state index in [-0.39, 0.29) is 5.75 Å². The standard InChI is InChI=1S/C12H8BrClF2O2S/c13-8-5-9(19-11(8)14)10(17)6-2-1-3-7(4-6)18-12(15)16/h1-5,10,12,17H. The molecule has 0 aliphatic heterocycles. The predicted octanol–water partition coefficient (Wildman–Crippen LogP) is 4.85. The first-order chi connectivity index (χ1) is 8.97. The molecule has 7 heteroatoms. The quantitative estimate of drug-likeness (QED) is 0.835. The van der Waals surface area contributed by atoms with Crippen molar-refractivity contribution >= 4 is 38.9 Å². The highest BCUT2D eigenvalue weighted by molar-refractivity contribution is 9.10. The van der Waals surface area contributed by atoms with Crippen molar-refractivity contribution in [1.82, 2.24) is 0 Å². The van der Waals surface area contributed by atoms with Crippen molar-refractivity contribution in [2.24, 2.45) is 0 Å². The van der Waals surface area contributed by atoms with E-state index in [0.717, 1.165) is 0 Å². The molecule has 102 valence electrons. The molecule has 0 saturated heterocycles. The zero-order valence-corrected chi connectivity index (χ0v) is 12.5. The van der Waals surface area contributed by atoms with Crippen LogP contribution < -0.4 is 4.74 Å². The number of aliphatic hydroxyl groups is 1. The molecule has 2 rings (SSSR count). The summed E-state index contributed by atoms with van der Waals surface area (Å²) in [6.07, 6.45) is -0.935. The van der Waals surface area contributed by atoms with E-state index in [4.69, 9.17) is 11.6 Å². The summed E-state index contributed by atoms with van der Waals surface area (Å²) in [5, 5.41) is 10.2. The molecule has 1 heterocycles. The third-order valence-electron chi connectivity index (χ3n) is 2.33. The number of hydrogen-bond acceptors (Lipinski definition) is 3. The summed E-state index contributed by atoms with van der Waals surface area (Å²) >= 11 is 10.4. The Balaban J connectivity index is 2.25. The summed E-state index contributed by atoms with van der Waals surface area (Å²) in [6.45, 7) is -2.89. The van der Waals surface area contributed by atoms with Crippen molar-refractivity contribution in [3.05, 3.63) is 49.6 Å². The van der Waals surface area contributed by atoms with E-state index >= 15 is 0 Å². The molecule has 1 N–H and O–H groups in total. The molecule has 2 aromatic rings. The van der Waals surface area contributed by atoms with Crippen LogP contribution in [0.15, 0.2) is 34.8 Å². The third kappa shape index (κ3) is 3.66. The Bertz CT molecular complexity index is 557. The van der Waals surface area contributed by atoms with Crippen molar-refractivity contribution in [2.45, 2.75) is 12.7 Å². The molecule has 0 spiro atoms. The summed E-state index contributed by atoms with van der Waals surface area (Å²) in [7, 11) is 0. The lowest BCUT2D eigenvalue weighted by Crippen LogP contribution is -2.03. The fraction of sp³-hybridized carbons (Fsp3) is 0.167. The molecule has 1 aromatic heterocycles. The predicted molar refractivity (Wildman–Crippen MR) is 74.2 cm³/mol. The molecule has 0 aliphatic rings. The molecule has 0 amide bonds. The Morgan fingerprint density at radius 2 is 2.05 bits per heavy atom. The third-order valence-corrected chi connectivity index (χ3v) is 4.86. The van der Waals surface area contributed by atoms with Gasteiger partial charge in [-0.3, -0.25) is 0 Å². The number of benzene rings is 1. The molecule has 0 fully saturated rings. The Morgan fingerprint density at radius 1 is 1.32 bits per heavy atom. The Hall–Kier alpha value is -0.690. The lowest BCUT2D eigenvalue weighted by Gasteiger charge is -2.11. The van der Waals surface area contributed by atoms with Crippen LogP contribution in [0.1, 0.15) is 16.5 Å². The Kier molecular flexibility index (Phi) is 4.78. The van der Waals surface area contributed by atoms with Crippen molar-refractivity contribution in [3.8, 4) is 5.75 Å². The van der Waals surface area contributed by atoms with Gasteiger partial charge in [0.2, 0.25) is 0 Å². The molecular weight excluding hydrogens is 362 g/mol. The van der Waals surface area contributed by atoms with Gasteiger partial charge in [0.25, 0.3) is 0 Å². The molecule has 1 atom stereocenters. The average Bonchev–Trinajstić information content (AvgIpc) is 2.68. The van der Waals surface area contributed by atoms with Gasteiger partial charge in [-0.05, 0) is 39.7 Å². The summed E-state index contributed by atoms with van der Waals surface area (Å²) in [5.74, 6) is 0.00766. The zero-order valence-electron chi connectivity index (χ0n) is 9.32. The number of thiophene rings is 1. The maximum atomic E-state index is 12.1. The second-order valence-electron chi connectivity index (χ2n) is 3.62. The molecule has 0 aliphatic carbocycles. The van der Waals surface area contributed by atoms with Gasteiger partial charge in [0.05, 0.1) is 0 Å². The van der Waals surface area contributed by atoms with Gasteiger partial charge in [-0.1, -0.05) is 23.7 Å². The van der Waals surface area contributed by atoms with Gasteiger partial charge in [0.1, 0.15) is 16.2 Å². The smallest absolute Gasteiger partial charge is 0.387 e. The van der Waals surface area contributed by atoms with Gasteiger partial charge in [-0.15, -0.1) is 11.3 Å². The summed E-state index contributed by atoms with van der Waals surface area (Å²) in [5.41, 5.74) is 0.462. The van der Waals surface area contributed by atoms with Crippen LogP contribution in [0.25, 0.3) is 0 Å². The van der Waals surface area contributed by atoms with E-state index in [1.54, 1.807) is 18.2 Å². The Morgan fingerprint density at radius 3 is 2.63 bits per heavy atom. The van der Waals surface area contributed by atoms with Gasteiger partial charge in [-0.2, -0.15) is 8.78 Å². The van der Waals surface area contributed by atoms with Crippen LogP contribution >= 0.6 is 38.9 Å². The Labute approximate surface area is 125 Å². The fourth-order valence-corrected chi connectivity index (χ4v) is 3.27. The molecule has 0 saturated carbocycles. The maximum Gasteiger partial charge on any atom is 0.387 e. The monoisotopic (exact) mass is 368 g/mol. The lowest BCUT2D eigenvalue weighted by molar-refractivity contribution is -0.0499. The number of hydrogen-bond donors (Lipinski definition) is 1. The first-order valence-electron chi connectivity index (χ1n) is 5.15. The second kappa shape index (κ2) is 6.17. The van der Waals surface area contributed by atoms with Crippen molar-refractivity contribution in [3.63, 3.8) is 0 Å². The number of halogens is 4. The minimum Gasteiger partial charge on any atom is -0.435 e. The van der Waals surface area contributed by atoms with Crippen LogP contribution in [0.5, 0.6) is 5.75 Å². The van der Waals surface area contributed by atoms with Gasteiger partial charge in [0.15, 0.2) is 0 Å². The van der Waals surface area contributed by atoms with E-state index in [9.17, 15) is 13.9 Å². The van der Waals surface area contributed by atoms with Crippen LogP contribution in [0.2, 0.25) is 4.34 Å². The molecule has 19 heavy (non-hydrogen) atoms. The molecule has 1 unspecified atom stereocenters. The van der Waals surface area contributed by atoms with Crippen LogP contribution in [-0.2, 0) is 0 Å². The van der Waals surface area contributed by atoms with E-state index in [1.165, 1.54) is 23.5 Å². The number of rotatable bonds is 4. The highest BCUT2D eigenvalue weighted by Gasteiger charge is 2.16. The van der Waals surface area contributed by atoms with Crippen molar-refractivity contribution < 1.29 is 18.6 Å². The minimum atomic E-state index is -2.89. The fourth-order valence-electron chi connectivity index (χ4n) is 1.52. The molecular formula is C12H8BrClF2O2S. The highest BCUT2D eigenvalue weighted by atomic mass is 79.9. The zero-order chi connectivity index (χ0) is 14.0. The first kappa shape index (κ1) is 14.7. The first-order valence-corrected chi connectivity index (χ1v) is 7.13. The summed E-state index contributed by atoms with van der Waals surface area (Å²) < 4.78 is 29.8. The number of ether oxygens (including phenoxy) is 1. The molecule has 1 aromatic carbocycles. The average molecular weight is 370 g/mol. The van der Waals surface area contributed by atoms with E-state index in [0.29, 0.717) is 19.2 Å². The largest absolute Gasteiger partial charge is 0.435 e. The van der Waals surface area contributed by atoms with E-state index < -0.39 is 12.7 Å². The van der Waals surface area contributed by atoms with Crippen LogP contribution in [0, 0.1) is 0 Å². The molecule has 2 nitrogen and oxygen atoms in total. The van der Waals surface area contributed by atoms with Crippen LogP contribution in [-0.4, -0.2) is 11.7 Å². The van der Waals surface area contributed by atoms with Gasteiger partial charge in [-0.25, -0.2) is 0 Å².